The molecule has 0 saturated heterocycles. The summed E-state index contributed by atoms with van der Waals surface area (Å²) in [4.78, 5) is 23.8. The smallest absolute Gasteiger partial charge is 0.338 e. The van der Waals surface area contributed by atoms with Gasteiger partial charge in [-0.1, -0.05) is 29.3 Å². The lowest BCUT2D eigenvalue weighted by molar-refractivity contribution is -0.115. The molecule has 0 aliphatic heterocycles. The van der Waals surface area contributed by atoms with E-state index in [9.17, 15) is 9.59 Å². The van der Waals surface area contributed by atoms with Gasteiger partial charge in [-0.15, -0.1) is 0 Å². The van der Waals surface area contributed by atoms with Gasteiger partial charge in [-0.05, 0) is 73.7 Å². The zero-order valence-corrected chi connectivity index (χ0v) is 19.2. The topological polar surface area (TPSA) is 80.6 Å². The number of hydrogen-bond donors (Lipinski definition) is 2. The Bertz CT molecular complexity index is 1170. The molecule has 1 aromatic heterocycles. The number of hydrogen-bond acceptors (Lipinski definition) is 5. The minimum Gasteiger partial charge on any atom is -0.462 e. The molecule has 0 aliphatic carbocycles. The number of halogens is 2. The largest absolute Gasteiger partial charge is 0.462 e. The van der Waals surface area contributed by atoms with Gasteiger partial charge >= 0.3 is 5.97 Å². The molecular formula is C23H18Cl2N2O4S. The summed E-state index contributed by atoms with van der Waals surface area (Å²) in [6.45, 7) is 2.04. The predicted molar refractivity (Wildman–Crippen MR) is 130 cm³/mol. The van der Waals surface area contributed by atoms with Gasteiger partial charge in [0.2, 0.25) is 5.91 Å². The van der Waals surface area contributed by atoms with Crippen molar-refractivity contribution in [3.8, 4) is 11.3 Å². The maximum absolute atomic E-state index is 12.1. The van der Waals surface area contributed by atoms with E-state index in [2.05, 4.69) is 10.6 Å². The van der Waals surface area contributed by atoms with Gasteiger partial charge in [-0.25, -0.2) is 4.79 Å². The standard InChI is InChI=1S/C23H18Cl2N2O4S/c1-2-30-22(29)14-6-8-15(9-7-14)26-23(32)27-20(28)13-11-16-10-12-19(31-16)17-4-3-5-18(24)21(17)25/h3-13H,2H2,1H3,(H2,26,27,28,32). The van der Waals surface area contributed by atoms with Crippen LogP contribution in [0.15, 0.2) is 65.1 Å². The number of carbonyl (C=O) groups excluding carboxylic acids is 2. The molecule has 2 N–H and O–H groups in total. The molecule has 0 unspecified atom stereocenters. The highest BCUT2D eigenvalue weighted by Gasteiger charge is 2.11. The zero-order chi connectivity index (χ0) is 23.1. The van der Waals surface area contributed by atoms with Crippen LogP contribution >= 0.6 is 35.4 Å². The van der Waals surface area contributed by atoms with E-state index in [1.54, 1.807) is 61.5 Å². The number of benzene rings is 2. The summed E-state index contributed by atoms with van der Waals surface area (Å²) < 4.78 is 10.6. The predicted octanol–water partition coefficient (Wildman–Crippen LogP) is 5.96. The second-order valence-electron chi connectivity index (χ2n) is 6.38. The number of ether oxygens (including phenoxy) is 1. The van der Waals surface area contributed by atoms with E-state index in [0.717, 1.165) is 0 Å². The first kappa shape index (κ1) is 23.5. The Morgan fingerprint density at radius 2 is 1.84 bits per heavy atom. The van der Waals surface area contributed by atoms with Gasteiger partial charge in [0.15, 0.2) is 5.11 Å². The molecule has 0 saturated carbocycles. The summed E-state index contributed by atoms with van der Waals surface area (Å²) >= 11 is 17.4. The van der Waals surface area contributed by atoms with Crippen molar-refractivity contribution in [2.24, 2.45) is 0 Å². The Labute approximate surface area is 200 Å². The van der Waals surface area contributed by atoms with Crippen molar-refractivity contribution in [3.63, 3.8) is 0 Å². The van der Waals surface area contributed by atoms with Crippen LogP contribution in [0.1, 0.15) is 23.0 Å². The van der Waals surface area contributed by atoms with Gasteiger partial charge in [0, 0.05) is 17.3 Å². The number of rotatable bonds is 6. The van der Waals surface area contributed by atoms with E-state index in [1.807, 2.05) is 0 Å². The number of anilines is 1. The quantitative estimate of drug-likeness (QED) is 0.253. The summed E-state index contributed by atoms with van der Waals surface area (Å²) in [6, 6.07) is 15.2. The number of esters is 1. The van der Waals surface area contributed by atoms with E-state index in [1.165, 1.54) is 12.2 Å². The van der Waals surface area contributed by atoms with Gasteiger partial charge in [0.25, 0.3) is 0 Å². The first-order valence-corrected chi connectivity index (χ1v) is 10.6. The molecular weight excluding hydrogens is 471 g/mol. The van der Waals surface area contributed by atoms with E-state index in [0.29, 0.717) is 45.0 Å². The minimum absolute atomic E-state index is 0.106. The lowest BCUT2D eigenvalue weighted by Gasteiger charge is -2.08. The fraction of sp³-hybridized carbons (Fsp3) is 0.0870. The Morgan fingerprint density at radius 1 is 1.09 bits per heavy atom. The summed E-state index contributed by atoms with van der Waals surface area (Å²) in [6.07, 6.45) is 2.80. The maximum atomic E-state index is 12.1. The molecule has 0 aliphatic rings. The molecule has 3 aromatic rings. The lowest BCUT2D eigenvalue weighted by Crippen LogP contribution is -2.32. The highest BCUT2D eigenvalue weighted by Crippen LogP contribution is 2.34. The van der Waals surface area contributed by atoms with Crippen LogP contribution in [0, 0.1) is 0 Å². The Hall–Kier alpha value is -3.13. The first-order chi connectivity index (χ1) is 15.4. The summed E-state index contributed by atoms with van der Waals surface area (Å²) in [5, 5.41) is 6.33. The van der Waals surface area contributed by atoms with Crippen LogP contribution < -0.4 is 10.6 Å². The maximum Gasteiger partial charge on any atom is 0.338 e. The van der Waals surface area contributed by atoms with Gasteiger partial charge in [0.05, 0.1) is 22.2 Å². The van der Waals surface area contributed by atoms with Crippen LogP contribution in [0.2, 0.25) is 10.0 Å². The minimum atomic E-state index is -0.440. The highest BCUT2D eigenvalue weighted by molar-refractivity contribution is 7.80. The summed E-state index contributed by atoms with van der Waals surface area (Å²) in [7, 11) is 0. The average Bonchev–Trinajstić information content (AvgIpc) is 3.23. The third-order valence-corrected chi connectivity index (χ3v) is 5.16. The molecule has 164 valence electrons. The molecule has 0 spiro atoms. The Balaban J connectivity index is 1.55. The number of amides is 1. The van der Waals surface area contributed by atoms with Crippen LogP contribution in [0.25, 0.3) is 17.4 Å². The molecule has 6 nitrogen and oxygen atoms in total. The van der Waals surface area contributed by atoms with E-state index < -0.39 is 11.9 Å². The van der Waals surface area contributed by atoms with Crippen molar-refractivity contribution in [2.45, 2.75) is 6.92 Å². The van der Waals surface area contributed by atoms with Gasteiger partial charge in [-0.2, -0.15) is 0 Å². The number of nitrogens with one attached hydrogen (secondary N) is 2. The Kier molecular flexibility index (Phi) is 8.05. The number of carbonyl (C=O) groups is 2. The molecule has 1 heterocycles. The van der Waals surface area contributed by atoms with Crippen LogP contribution in [-0.4, -0.2) is 23.6 Å². The van der Waals surface area contributed by atoms with Crippen molar-refractivity contribution in [1.82, 2.24) is 5.32 Å². The summed E-state index contributed by atoms with van der Waals surface area (Å²) in [5.41, 5.74) is 1.69. The second-order valence-corrected chi connectivity index (χ2v) is 7.57. The monoisotopic (exact) mass is 488 g/mol. The normalized spacial score (nSPS) is 10.7. The lowest BCUT2D eigenvalue weighted by atomic mass is 10.2. The van der Waals surface area contributed by atoms with E-state index >= 15 is 0 Å². The van der Waals surface area contributed by atoms with Crippen LogP contribution in [0.3, 0.4) is 0 Å². The second kappa shape index (κ2) is 10.9. The van der Waals surface area contributed by atoms with E-state index in [-0.39, 0.29) is 5.11 Å². The van der Waals surface area contributed by atoms with Crippen LogP contribution in [0.5, 0.6) is 0 Å². The zero-order valence-electron chi connectivity index (χ0n) is 16.9. The summed E-state index contributed by atoms with van der Waals surface area (Å²) in [5.74, 6) is 0.142. The number of thiocarbonyl (C=S) groups is 1. The fourth-order valence-electron chi connectivity index (χ4n) is 2.66. The molecule has 9 heteroatoms. The number of furan rings is 1. The molecule has 3 rings (SSSR count). The third-order valence-electron chi connectivity index (χ3n) is 4.13. The molecule has 0 fully saturated rings. The Morgan fingerprint density at radius 3 is 2.56 bits per heavy atom. The SMILES string of the molecule is CCOC(=O)c1ccc(NC(=S)NC(=O)C=Cc2ccc(-c3cccc(Cl)c3Cl)o2)cc1. The highest BCUT2D eigenvalue weighted by atomic mass is 35.5. The van der Waals surface area contributed by atoms with E-state index in [4.69, 9.17) is 44.6 Å². The van der Waals surface area contributed by atoms with Crippen molar-refractivity contribution in [2.75, 3.05) is 11.9 Å². The fourth-order valence-corrected chi connectivity index (χ4v) is 3.27. The van der Waals surface area contributed by atoms with Crippen molar-refractivity contribution in [1.29, 1.82) is 0 Å². The molecule has 0 bridgehead atoms. The molecule has 1 amide bonds. The van der Waals surface area contributed by atoms with Crippen molar-refractivity contribution < 1.29 is 18.7 Å². The van der Waals surface area contributed by atoms with Gasteiger partial charge < -0.3 is 14.5 Å². The third kappa shape index (κ3) is 6.20. The van der Waals surface area contributed by atoms with Crippen molar-refractivity contribution >= 4 is 64.2 Å². The molecule has 0 atom stereocenters. The van der Waals surface area contributed by atoms with Crippen LogP contribution in [-0.2, 0) is 9.53 Å². The van der Waals surface area contributed by atoms with Gasteiger partial charge in [-0.3, -0.25) is 10.1 Å². The van der Waals surface area contributed by atoms with Crippen molar-refractivity contribution in [3.05, 3.63) is 82.0 Å². The van der Waals surface area contributed by atoms with Gasteiger partial charge in [0.1, 0.15) is 11.5 Å². The molecule has 2 aromatic carbocycles. The molecule has 0 radical (unpaired) electrons. The average molecular weight is 489 g/mol. The molecule has 32 heavy (non-hydrogen) atoms. The first-order valence-electron chi connectivity index (χ1n) is 9.49. The van der Waals surface area contributed by atoms with Crippen LogP contribution in [0.4, 0.5) is 5.69 Å².